The second kappa shape index (κ2) is 6.93. The van der Waals surface area contributed by atoms with Gasteiger partial charge in [0.05, 0.1) is 12.7 Å². The molecule has 21 heavy (non-hydrogen) atoms. The van der Waals surface area contributed by atoms with Crippen LogP contribution in [0.2, 0.25) is 0 Å². The van der Waals surface area contributed by atoms with E-state index < -0.39 is 0 Å². The molecule has 0 aromatic carbocycles. The molecule has 0 aliphatic heterocycles. The van der Waals surface area contributed by atoms with E-state index in [1.807, 2.05) is 13.8 Å². The lowest BCUT2D eigenvalue weighted by Crippen LogP contribution is -2.36. The number of aliphatic hydroxyl groups is 1. The van der Waals surface area contributed by atoms with Crippen LogP contribution in [0.25, 0.3) is 0 Å². The largest absolute Gasteiger partial charge is 0.473 e. The van der Waals surface area contributed by atoms with Crippen molar-refractivity contribution in [2.75, 3.05) is 24.2 Å². The summed E-state index contributed by atoms with van der Waals surface area (Å²) < 4.78 is 5.56. The number of ether oxygens (including phenoxy) is 1. The minimum Gasteiger partial charge on any atom is -0.473 e. The number of aliphatic hydroxyl groups excluding tert-OH is 1. The van der Waals surface area contributed by atoms with Gasteiger partial charge in [-0.3, -0.25) is 0 Å². The van der Waals surface area contributed by atoms with Crippen LogP contribution in [0.3, 0.4) is 0 Å². The average molecular weight is 294 g/mol. The highest BCUT2D eigenvalue weighted by Crippen LogP contribution is 2.36. The van der Waals surface area contributed by atoms with Gasteiger partial charge in [-0.1, -0.05) is 19.3 Å². The Hall–Kier alpha value is -1.56. The molecular weight excluding hydrogens is 268 g/mol. The van der Waals surface area contributed by atoms with E-state index in [9.17, 15) is 5.11 Å². The van der Waals surface area contributed by atoms with Crippen LogP contribution in [-0.2, 0) is 0 Å². The lowest BCUT2D eigenvalue weighted by atomic mass is 9.74. The zero-order valence-electron chi connectivity index (χ0n) is 12.9. The average Bonchev–Trinajstić information content (AvgIpc) is 2.49. The third-order valence-electron chi connectivity index (χ3n) is 4.08. The highest BCUT2D eigenvalue weighted by molar-refractivity contribution is 5.66. The van der Waals surface area contributed by atoms with Gasteiger partial charge in [-0.15, -0.1) is 0 Å². The fourth-order valence-corrected chi connectivity index (χ4v) is 2.80. The SMILES string of the molecule is CC(C)Oc1ncnc(NCC2(CO)CCCCC2)c1N. The van der Waals surface area contributed by atoms with E-state index in [0.717, 1.165) is 12.8 Å². The van der Waals surface area contributed by atoms with Crippen LogP contribution in [0.15, 0.2) is 6.33 Å². The first-order valence-corrected chi connectivity index (χ1v) is 7.68. The Labute approximate surface area is 126 Å². The number of nitrogen functional groups attached to an aromatic ring is 1. The van der Waals surface area contributed by atoms with Crippen LogP contribution < -0.4 is 15.8 Å². The van der Waals surface area contributed by atoms with Crippen molar-refractivity contribution in [2.45, 2.75) is 52.1 Å². The standard InChI is InChI=1S/C15H26N4O2/c1-11(2)21-14-12(16)13(18-10-19-14)17-8-15(9-20)6-4-3-5-7-15/h10-11,20H,3-9,16H2,1-2H3,(H,17,18,19). The predicted molar refractivity (Wildman–Crippen MR) is 83.3 cm³/mol. The molecule has 1 aromatic rings. The van der Waals surface area contributed by atoms with Gasteiger partial charge >= 0.3 is 0 Å². The second-order valence-electron chi connectivity index (χ2n) is 6.18. The van der Waals surface area contributed by atoms with E-state index in [-0.39, 0.29) is 18.1 Å². The maximum Gasteiger partial charge on any atom is 0.242 e. The molecular formula is C15H26N4O2. The minimum atomic E-state index is -0.0608. The number of rotatable bonds is 6. The van der Waals surface area contributed by atoms with Gasteiger partial charge in [-0.05, 0) is 26.7 Å². The smallest absolute Gasteiger partial charge is 0.242 e. The highest BCUT2D eigenvalue weighted by Gasteiger charge is 2.31. The Kier molecular flexibility index (Phi) is 5.22. The molecule has 118 valence electrons. The molecule has 6 nitrogen and oxygen atoms in total. The summed E-state index contributed by atoms with van der Waals surface area (Å²) in [6.07, 6.45) is 7.13. The monoisotopic (exact) mass is 294 g/mol. The van der Waals surface area contributed by atoms with Crippen LogP contribution in [0, 0.1) is 5.41 Å². The number of nitrogens with two attached hydrogens (primary N) is 1. The fourth-order valence-electron chi connectivity index (χ4n) is 2.80. The zero-order chi connectivity index (χ0) is 15.3. The Bertz CT molecular complexity index is 459. The van der Waals surface area contributed by atoms with Gasteiger partial charge in [0.15, 0.2) is 5.82 Å². The molecule has 4 N–H and O–H groups in total. The fraction of sp³-hybridized carbons (Fsp3) is 0.733. The Morgan fingerprint density at radius 2 is 2.05 bits per heavy atom. The molecule has 0 amide bonds. The summed E-state index contributed by atoms with van der Waals surface area (Å²) in [5, 5.41) is 13.0. The van der Waals surface area contributed by atoms with Gasteiger partial charge in [0.25, 0.3) is 0 Å². The third kappa shape index (κ3) is 3.97. The van der Waals surface area contributed by atoms with E-state index in [1.54, 1.807) is 0 Å². The Balaban J connectivity index is 2.05. The summed E-state index contributed by atoms with van der Waals surface area (Å²) in [7, 11) is 0. The quantitative estimate of drug-likeness (QED) is 0.744. The highest BCUT2D eigenvalue weighted by atomic mass is 16.5. The molecule has 0 unspecified atom stereocenters. The van der Waals surface area contributed by atoms with Crippen LogP contribution in [-0.4, -0.2) is 34.3 Å². The van der Waals surface area contributed by atoms with E-state index in [2.05, 4.69) is 15.3 Å². The van der Waals surface area contributed by atoms with Crippen molar-refractivity contribution in [3.05, 3.63) is 6.33 Å². The van der Waals surface area contributed by atoms with Crippen molar-refractivity contribution in [2.24, 2.45) is 5.41 Å². The first kappa shape index (κ1) is 15.8. The van der Waals surface area contributed by atoms with Gasteiger partial charge in [-0.2, -0.15) is 4.98 Å². The lowest BCUT2D eigenvalue weighted by Gasteiger charge is -2.35. The Morgan fingerprint density at radius 3 is 2.67 bits per heavy atom. The van der Waals surface area contributed by atoms with Crippen molar-refractivity contribution in [3.8, 4) is 5.88 Å². The van der Waals surface area contributed by atoms with Crippen LogP contribution >= 0.6 is 0 Å². The number of nitrogens with one attached hydrogen (secondary N) is 1. The number of anilines is 2. The van der Waals surface area contributed by atoms with Crippen molar-refractivity contribution < 1.29 is 9.84 Å². The molecule has 0 radical (unpaired) electrons. The molecule has 0 saturated heterocycles. The number of aromatic nitrogens is 2. The third-order valence-corrected chi connectivity index (χ3v) is 4.08. The molecule has 1 aliphatic rings. The van der Waals surface area contributed by atoms with Crippen molar-refractivity contribution in [1.29, 1.82) is 0 Å². The maximum atomic E-state index is 9.73. The Morgan fingerprint density at radius 1 is 1.33 bits per heavy atom. The van der Waals surface area contributed by atoms with Crippen molar-refractivity contribution >= 4 is 11.5 Å². The van der Waals surface area contributed by atoms with E-state index in [4.69, 9.17) is 10.5 Å². The van der Waals surface area contributed by atoms with E-state index in [1.165, 1.54) is 25.6 Å². The van der Waals surface area contributed by atoms with Gasteiger partial charge in [0.1, 0.15) is 12.0 Å². The summed E-state index contributed by atoms with van der Waals surface area (Å²) in [5.41, 5.74) is 6.42. The molecule has 1 heterocycles. The van der Waals surface area contributed by atoms with Gasteiger partial charge in [0.2, 0.25) is 5.88 Å². The molecule has 0 bridgehead atoms. The maximum absolute atomic E-state index is 9.73. The minimum absolute atomic E-state index is 0.0113. The summed E-state index contributed by atoms with van der Waals surface area (Å²) in [6, 6.07) is 0. The molecule has 1 saturated carbocycles. The summed E-state index contributed by atoms with van der Waals surface area (Å²) in [6.45, 7) is 4.72. The predicted octanol–water partition coefficient (Wildman–Crippen LogP) is 2.20. The summed E-state index contributed by atoms with van der Waals surface area (Å²) in [5.74, 6) is 0.989. The van der Waals surface area contributed by atoms with Gasteiger partial charge in [-0.25, -0.2) is 4.98 Å². The molecule has 1 fully saturated rings. The number of hydrogen-bond acceptors (Lipinski definition) is 6. The van der Waals surface area contributed by atoms with Crippen molar-refractivity contribution in [3.63, 3.8) is 0 Å². The first-order valence-electron chi connectivity index (χ1n) is 7.68. The number of hydrogen-bond donors (Lipinski definition) is 3. The molecule has 0 atom stereocenters. The van der Waals surface area contributed by atoms with E-state index in [0.29, 0.717) is 23.9 Å². The van der Waals surface area contributed by atoms with Crippen LogP contribution in [0.5, 0.6) is 5.88 Å². The molecule has 1 aromatic heterocycles. The number of nitrogens with zero attached hydrogens (tertiary/aromatic N) is 2. The van der Waals surface area contributed by atoms with Gasteiger partial charge in [0, 0.05) is 12.0 Å². The molecule has 1 aliphatic carbocycles. The van der Waals surface area contributed by atoms with Crippen LogP contribution in [0.4, 0.5) is 11.5 Å². The van der Waals surface area contributed by atoms with Crippen molar-refractivity contribution in [1.82, 2.24) is 9.97 Å². The topological polar surface area (TPSA) is 93.3 Å². The second-order valence-corrected chi connectivity index (χ2v) is 6.18. The zero-order valence-corrected chi connectivity index (χ0v) is 12.9. The normalized spacial score (nSPS) is 17.7. The summed E-state index contributed by atoms with van der Waals surface area (Å²) >= 11 is 0. The lowest BCUT2D eigenvalue weighted by molar-refractivity contribution is 0.0943. The first-order chi connectivity index (χ1) is 10.1. The van der Waals surface area contributed by atoms with Gasteiger partial charge < -0.3 is 20.9 Å². The molecule has 2 rings (SSSR count). The van der Waals surface area contributed by atoms with Crippen LogP contribution in [0.1, 0.15) is 46.0 Å². The summed E-state index contributed by atoms with van der Waals surface area (Å²) in [4.78, 5) is 8.25. The molecule has 6 heteroatoms. The molecule has 0 spiro atoms. The van der Waals surface area contributed by atoms with E-state index >= 15 is 0 Å².